The van der Waals surface area contributed by atoms with Gasteiger partial charge in [0.2, 0.25) is 0 Å². The fourth-order valence-electron chi connectivity index (χ4n) is 2.36. The normalized spacial score (nSPS) is 13.1. The van der Waals surface area contributed by atoms with Crippen LogP contribution in [0.2, 0.25) is 0 Å². The molecule has 2 aromatic rings. The number of pyridine rings is 1. The number of aliphatic imine (C=N–C) groups is 1. The number of rotatable bonds is 7. The van der Waals surface area contributed by atoms with Gasteiger partial charge in [0.1, 0.15) is 5.82 Å². The molecule has 24 heavy (non-hydrogen) atoms. The van der Waals surface area contributed by atoms with Crippen LogP contribution in [0.1, 0.15) is 17.3 Å². The highest BCUT2D eigenvalue weighted by Crippen LogP contribution is 2.18. The number of benzene rings is 1. The highest BCUT2D eigenvalue weighted by molar-refractivity contribution is 5.77. The van der Waals surface area contributed by atoms with Gasteiger partial charge in [-0.05, 0) is 43.9 Å². The Balaban J connectivity index is 1.87. The summed E-state index contributed by atoms with van der Waals surface area (Å²) in [5.74, 6) is 0.162. The maximum atomic E-state index is 13.1. The minimum absolute atomic E-state index is 0.0433. The Hall–Kier alpha value is -2.47. The molecule has 0 saturated heterocycles. The summed E-state index contributed by atoms with van der Waals surface area (Å²) in [5.41, 5.74) is 7.94. The van der Waals surface area contributed by atoms with E-state index < -0.39 is 0 Å². The molecular formula is C18H24FN5. The zero-order valence-electron chi connectivity index (χ0n) is 14.1. The van der Waals surface area contributed by atoms with Crippen molar-refractivity contribution in [3.8, 4) is 0 Å². The van der Waals surface area contributed by atoms with Crippen LogP contribution >= 0.6 is 0 Å². The summed E-state index contributed by atoms with van der Waals surface area (Å²) in [6, 6.07) is 12.4. The van der Waals surface area contributed by atoms with Crippen molar-refractivity contribution in [2.45, 2.75) is 12.5 Å². The zero-order chi connectivity index (χ0) is 17.4. The second kappa shape index (κ2) is 8.98. The van der Waals surface area contributed by atoms with Gasteiger partial charge in [0.25, 0.3) is 0 Å². The van der Waals surface area contributed by atoms with Crippen molar-refractivity contribution in [3.63, 3.8) is 0 Å². The van der Waals surface area contributed by atoms with E-state index in [1.165, 1.54) is 12.1 Å². The van der Waals surface area contributed by atoms with Crippen LogP contribution in [-0.2, 0) is 6.42 Å². The molecule has 1 heterocycles. The maximum absolute atomic E-state index is 13.1. The molecule has 0 fully saturated rings. The molecule has 0 aliphatic heterocycles. The van der Waals surface area contributed by atoms with Crippen molar-refractivity contribution in [2.24, 2.45) is 10.7 Å². The van der Waals surface area contributed by atoms with Crippen molar-refractivity contribution in [1.82, 2.24) is 15.2 Å². The van der Waals surface area contributed by atoms with Crippen LogP contribution in [0.3, 0.4) is 0 Å². The van der Waals surface area contributed by atoms with Gasteiger partial charge in [-0.15, -0.1) is 0 Å². The van der Waals surface area contributed by atoms with Crippen LogP contribution in [0.15, 0.2) is 53.7 Å². The number of guanidine groups is 1. The first-order valence-corrected chi connectivity index (χ1v) is 7.92. The van der Waals surface area contributed by atoms with E-state index in [-0.39, 0.29) is 11.9 Å². The number of aromatic nitrogens is 1. The molecule has 2 rings (SSSR count). The molecule has 1 aromatic carbocycles. The molecule has 128 valence electrons. The van der Waals surface area contributed by atoms with Gasteiger partial charge in [-0.1, -0.05) is 18.2 Å². The van der Waals surface area contributed by atoms with Crippen LogP contribution in [0.25, 0.3) is 0 Å². The highest BCUT2D eigenvalue weighted by Gasteiger charge is 2.13. The molecule has 0 aliphatic carbocycles. The van der Waals surface area contributed by atoms with Crippen LogP contribution in [0.5, 0.6) is 0 Å². The Bertz CT molecular complexity index is 640. The van der Waals surface area contributed by atoms with Gasteiger partial charge in [0.15, 0.2) is 5.96 Å². The molecule has 0 aliphatic rings. The van der Waals surface area contributed by atoms with Crippen molar-refractivity contribution >= 4 is 5.96 Å². The van der Waals surface area contributed by atoms with Crippen molar-refractivity contribution in [3.05, 3.63) is 65.7 Å². The molecule has 0 radical (unpaired) electrons. The summed E-state index contributed by atoms with van der Waals surface area (Å²) in [7, 11) is 3.93. The predicted molar refractivity (Wildman–Crippen MR) is 95.3 cm³/mol. The molecule has 1 aromatic heterocycles. The van der Waals surface area contributed by atoms with E-state index >= 15 is 0 Å². The van der Waals surface area contributed by atoms with Crippen LogP contribution in [0, 0.1) is 5.82 Å². The number of likely N-dealkylation sites (N-methyl/N-ethyl adjacent to an activating group) is 1. The molecule has 0 spiro atoms. The third-order valence-corrected chi connectivity index (χ3v) is 3.73. The summed E-state index contributed by atoms with van der Waals surface area (Å²) >= 11 is 0. The van der Waals surface area contributed by atoms with E-state index in [2.05, 4.69) is 15.3 Å². The Kier molecular flexibility index (Phi) is 6.69. The number of hydrogen-bond acceptors (Lipinski definition) is 3. The second-order valence-electron chi connectivity index (χ2n) is 5.75. The van der Waals surface area contributed by atoms with E-state index in [4.69, 9.17) is 5.73 Å². The molecule has 0 bridgehead atoms. The quantitative estimate of drug-likeness (QED) is 0.602. The van der Waals surface area contributed by atoms with Gasteiger partial charge in [0, 0.05) is 24.9 Å². The summed E-state index contributed by atoms with van der Waals surface area (Å²) in [6.07, 6.45) is 2.56. The van der Waals surface area contributed by atoms with Gasteiger partial charge < -0.3 is 16.0 Å². The molecule has 5 nitrogen and oxygen atoms in total. The van der Waals surface area contributed by atoms with Gasteiger partial charge in [-0.25, -0.2) is 4.39 Å². The standard InChI is InChI=1S/C18H24FN5/c1-24(2)17(14-6-8-15(19)9-7-14)13-23-18(20)22-12-10-16-5-3-4-11-21-16/h3-9,11,17H,10,12-13H2,1-2H3,(H3,20,22,23). The summed E-state index contributed by atoms with van der Waals surface area (Å²) < 4.78 is 13.1. The van der Waals surface area contributed by atoms with E-state index in [1.807, 2.05) is 37.2 Å². The largest absolute Gasteiger partial charge is 0.370 e. The predicted octanol–water partition coefficient (Wildman–Crippen LogP) is 1.97. The van der Waals surface area contributed by atoms with Crippen molar-refractivity contribution in [1.29, 1.82) is 0 Å². The highest BCUT2D eigenvalue weighted by atomic mass is 19.1. The molecule has 0 amide bonds. The summed E-state index contributed by atoms with van der Waals surface area (Å²) in [5, 5.41) is 3.10. The minimum atomic E-state index is -0.240. The van der Waals surface area contributed by atoms with E-state index in [9.17, 15) is 4.39 Å². The summed E-state index contributed by atoms with van der Waals surface area (Å²) in [4.78, 5) is 10.7. The maximum Gasteiger partial charge on any atom is 0.188 e. The number of hydrogen-bond donors (Lipinski definition) is 2. The topological polar surface area (TPSA) is 66.5 Å². The lowest BCUT2D eigenvalue weighted by Gasteiger charge is -2.23. The number of halogens is 1. The van der Waals surface area contributed by atoms with Crippen LogP contribution < -0.4 is 11.1 Å². The molecule has 0 saturated carbocycles. The van der Waals surface area contributed by atoms with E-state index in [1.54, 1.807) is 18.3 Å². The van der Waals surface area contributed by atoms with Gasteiger partial charge in [-0.3, -0.25) is 9.98 Å². The summed E-state index contributed by atoms with van der Waals surface area (Å²) in [6.45, 7) is 1.18. The SMILES string of the molecule is CN(C)C(CN=C(N)NCCc1ccccn1)c1ccc(F)cc1. The van der Waals surface area contributed by atoms with Gasteiger partial charge in [0.05, 0.1) is 12.6 Å². The van der Waals surface area contributed by atoms with Crippen molar-refractivity contribution < 1.29 is 4.39 Å². The first kappa shape index (κ1) is 17.9. The lowest BCUT2D eigenvalue weighted by atomic mass is 10.1. The Labute approximate surface area is 142 Å². The van der Waals surface area contributed by atoms with E-state index in [0.29, 0.717) is 19.0 Å². The first-order valence-electron chi connectivity index (χ1n) is 7.92. The van der Waals surface area contributed by atoms with E-state index in [0.717, 1.165) is 17.7 Å². The fourth-order valence-corrected chi connectivity index (χ4v) is 2.36. The lowest BCUT2D eigenvalue weighted by molar-refractivity contribution is 0.306. The number of nitrogens with one attached hydrogen (secondary N) is 1. The van der Waals surface area contributed by atoms with Crippen LogP contribution in [-0.4, -0.2) is 43.0 Å². The molecule has 1 atom stereocenters. The molecular weight excluding hydrogens is 305 g/mol. The lowest BCUT2D eigenvalue weighted by Crippen LogP contribution is -2.34. The number of nitrogens with two attached hydrogens (primary N) is 1. The van der Waals surface area contributed by atoms with Crippen molar-refractivity contribution in [2.75, 3.05) is 27.2 Å². The Morgan fingerprint density at radius 2 is 2.00 bits per heavy atom. The second-order valence-corrected chi connectivity index (χ2v) is 5.75. The monoisotopic (exact) mass is 329 g/mol. The third-order valence-electron chi connectivity index (χ3n) is 3.73. The zero-order valence-corrected chi connectivity index (χ0v) is 14.1. The fraction of sp³-hybridized carbons (Fsp3) is 0.333. The molecule has 1 unspecified atom stereocenters. The molecule has 6 heteroatoms. The average Bonchev–Trinajstić information content (AvgIpc) is 2.57. The van der Waals surface area contributed by atoms with Crippen LogP contribution in [0.4, 0.5) is 4.39 Å². The average molecular weight is 329 g/mol. The van der Waals surface area contributed by atoms with Gasteiger partial charge in [-0.2, -0.15) is 0 Å². The van der Waals surface area contributed by atoms with Gasteiger partial charge >= 0.3 is 0 Å². The third kappa shape index (κ3) is 5.62. The smallest absolute Gasteiger partial charge is 0.188 e. The Morgan fingerprint density at radius 1 is 1.25 bits per heavy atom. The Morgan fingerprint density at radius 3 is 2.62 bits per heavy atom. The minimum Gasteiger partial charge on any atom is -0.370 e. The molecule has 3 N–H and O–H groups in total. The number of nitrogens with zero attached hydrogens (tertiary/aromatic N) is 3. The first-order chi connectivity index (χ1) is 11.6.